The van der Waals surface area contributed by atoms with E-state index in [9.17, 15) is 8.42 Å². The van der Waals surface area contributed by atoms with Gasteiger partial charge in [-0.3, -0.25) is 4.90 Å². The summed E-state index contributed by atoms with van der Waals surface area (Å²) >= 11 is 2.15. The molecule has 0 aliphatic carbocycles. The molecule has 1 N–H and O–H groups in total. The van der Waals surface area contributed by atoms with Crippen molar-refractivity contribution in [3.8, 4) is 0 Å². The van der Waals surface area contributed by atoms with E-state index in [1.807, 2.05) is 25.7 Å². The van der Waals surface area contributed by atoms with E-state index in [1.165, 1.54) is 0 Å². The third-order valence-corrected chi connectivity index (χ3v) is 5.07. The van der Waals surface area contributed by atoms with Crippen LogP contribution in [0.3, 0.4) is 0 Å². The Labute approximate surface area is 123 Å². The summed E-state index contributed by atoms with van der Waals surface area (Å²) in [5.41, 5.74) is 0. The third kappa shape index (κ3) is 4.18. The molecule has 102 valence electrons. The highest BCUT2D eigenvalue weighted by atomic mass is 127. The second kappa shape index (κ2) is 6.83. The summed E-state index contributed by atoms with van der Waals surface area (Å²) in [6.07, 6.45) is -0.204. The van der Waals surface area contributed by atoms with Crippen LogP contribution in [0, 0.1) is 3.57 Å². The lowest BCUT2D eigenvalue weighted by Gasteiger charge is -2.26. The van der Waals surface area contributed by atoms with Crippen LogP contribution in [0.5, 0.6) is 0 Å². The van der Waals surface area contributed by atoms with E-state index in [4.69, 9.17) is 0 Å². The minimum Gasteiger partial charge on any atom is -0.288 e. The van der Waals surface area contributed by atoms with E-state index < -0.39 is 10.0 Å². The third-order valence-electron chi connectivity index (χ3n) is 2.81. The van der Waals surface area contributed by atoms with Crippen molar-refractivity contribution in [3.05, 3.63) is 27.8 Å². The topological polar surface area (TPSA) is 49.4 Å². The van der Waals surface area contributed by atoms with E-state index in [-0.39, 0.29) is 6.17 Å². The molecule has 6 heteroatoms. The first-order valence-electron chi connectivity index (χ1n) is 5.92. The minimum absolute atomic E-state index is 0.204. The zero-order valence-corrected chi connectivity index (χ0v) is 13.8. The number of halogens is 1. The Morgan fingerprint density at radius 3 is 2.17 bits per heavy atom. The summed E-state index contributed by atoms with van der Waals surface area (Å²) in [4.78, 5) is 2.35. The van der Waals surface area contributed by atoms with Crippen LogP contribution in [0.2, 0.25) is 0 Å². The van der Waals surface area contributed by atoms with Crippen LogP contribution in [-0.4, -0.2) is 32.6 Å². The van der Waals surface area contributed by atoms with Crippen molar-refractivity contribution >= 4 is 32.6 Å². The lowest BCUT2D eigenvalue weighted by atomic mass is 10.4. The number of hydrogen-bond acceptors (Lipinski definition) is 3. The smallest absolute Gasteiger partial charge is 0.241 e. The lowest BCUT2D eigenvalue weighted by Crippen LogP contribution is -2.45. The second-order valence-corrected chi connectivity index (χ2v) is 6.93. The van der Waals surface area contributed by atoms with E-state index in [0.29, 0.717) is 4.90 Å². The van der Waals surface area contributed by atoms with Gasteiger partial charge in [0.2, 0.25) is 10.0 Å². The molecular formula is C12H19IN2O2S. The summed E-state index contributed by atoms with van der Waals surface area (Å²) in [7, 11) is -3.44. The number of rotatable bonds is 6. The predicted octanol–water partition coefficient (Wildman–Crippen LogP) is 2.26. The molecular weight excluding hydrogens is 363 g/mol. The molecule has 0 saturated carbocycles. The summed E-state index contributed by atoms with van der Waals surface area (Å²) in [5, 5.41) is 0. The monoisotopic (exact) mass is 382 g/mol. The number of benzene rings is 1. The van der Waals surface area contributed by atoms with E-state index in [0.717, 1.165) is 16.7 Å². The maximum atomic E-state index is 12.1. The Kier molecular flexibility index (Phi) is 6.03. The molecule has 0 saturated heterocycles. The van der Waals surface area contributed by atoms with Gasteiger partial charge >= 0.3 is 0 Å². The highest BCUT2D eigenvalue weighted by molar-refractivity contribution is 14.1. The maximum absolute atomic E-state index is 12.1. The van der Waals surface area contributed by atoms with Crippen molar-refractivity contribution < 1.29 is 8.42 Å². The zero-order chi connectivity index (χ0) is 13.8. The molecule has 0 aromatic heterocycles. The zero-order valence-electron chi connectivity index (χ0n) is 10.9. The quantitative estimate of drug-likeness (QED) is 0.607. The molecule has 0 aliphatic rings. The average molecular weight is 382 g/mol. The number of hydrogen-bond donors (Lipinski definition) is 1. The van der Waals surface area contributed by atoms with Gasteiger partial charge < -0.3 is 0 Å². The van der Waals surface area contributed by atoms with E-state index in [2.05, 4.69) is 27.3 Å². The molecule has 0 fully saturated rings. The van der Waals surface area contributed by atoms with Crippen molar-refractivity contribution in [2.75, 3.05) is 13.1 Å². The first kappa shape index (κ1) is 15.9. The molecule has 4 nitrogen and oxygen atoms in total. The van der Waals surface area contributed by atoms with Gasteiger partial charge in [-0.2, -0.15) is 4.72 Å². The Hall–Kier alpha value is -0.180. The van der Waals surface area contributed by atoms with Gasteiger partial charge in [-0.1, -0.05) is 13.8 Å². The molecule has 0 heterocycles. The maximum Gasteiger partial charge on any atom is 0.241 e. The largest absolute Gasteiger partial charge is 0.288 e. The van der Waals surface area contributed by atoms with Gasteiger partial charge in [0.05, 0.1) is 11.1 Å². The molecule has 1 atom stereocenters. The van der Waals surface area contributed by atoms with Gasteiger partial charge in [-0.15, -0.1) is 0 Å². The van der Waals surface area contributed by atoms with Crippen molar-refractivity contribution in [2.24, 2.45) is 0 Å². The Bertz CT molecular complexity index is 469. The highest BCUT2D eigenvalue weighted by Crippen LogP contribution is 2.12. The van der Waals surface area contributed by atoms with Gasteiger partial charge in [0, 0.05) is 3.57 Å². The number of nitrogens with one attached hydrogen (secondary N) is 1. The number of nitrogens with zero attached hydrogens (tertiary/aromatic N) is 1. The van der Waals surface area contributed by atoms with Gasteiger partial charge in [0.25, 0.3) is 0 Å². The van der Waals surface area contributed by atoms with E-state index >= 15 is 0 Å². The van der Waals surface area contributed by atoms with Crippen molar-refractivity contribution in [2.45, 2.75) is 31.8 Å². The fourth-order valence-electron chi connectivity index (χ4n) is 1.75. The van der Waals surface area contributed by atoms with Crippen molar-refractivity contribution in [1.29, 1.82) is 0 Å². The fourth-order valence-corrected chi connectivity index (χ4v) is 3.34. The molecule has 1 aromatic rings. The van der Waals surface area contributed by atoms with Gasteiger partial charge in [-0.25, -0.2) is 8.42 Å². The average Bonchev–Trinajstić information content (AvgIpc) is 2.30. The minimum atomic E-state index is -3.44. The van der Waals surface area contributed by atoms with Crippen LogP contribution >= 0.6 is 22.6 Å². The van der Waals surface area contributed by atoms with Crippen molar-refractivity contribution in [1.82, 2.24) is 9.62 Å². The highest BCUT2D eigenvalue weighted by Gasteiger charge is 2.19. The van der Waals surface area contributed by atoms with Gasteiger partial charge in [-0.05, 0) is 66.9 Å². The summed E-state index contributed by atoms with van der Waals surface area (Å²) in [6, 6.07) is 6.83. The van der Waals surface area contributed by atoms with Crippen LogP contribution in [0.15, 0.2) is 29.2 Å². The van der Waals surface area contributed by atoms with Gasteiger partial charge in [0.1, 0.15) is 0 Å². The molecule has 0 bridgehead atoms. The SMILES string of the molecule is CCN(CC)C(C)NS(=O)(=O)c1ccc(I)cc1. The predicted molar refractivity (Wildman–Crippen MR) is 81.9 cm³/mol. The summed E-state index contributed by atoms with van der Waals surface area (Å²) < 4.78 is 28.0. The first-order valence-corrected chi connectivity index (χ1v) is 8.48. The fraction of sp³-hybridized carbons (Fsp3) is 0.500. The standard InChI is InChI=1S/C12H19IN2O2S/c1-4-15(5-2)10(3)14-18(16,17)12-8-6-11(13)7-9-12/h6-10,14H,4-5H2,1-3H3. The van der Waals surface area contributed by atoms with Gasteiger partial charge in [0.15, 0.2) is 0 Å². The molecule has 0 aliphatic heterocycles. The lowest BCUT2D eigenvalue weighted by molar-refractivity contribution is 0.220. The molecule has 1 rings (SSSR count). The van der Waals surface area contributed by atoms with E-state index in [1.54, 1.807) is 24.3 Å². The van der Waals surface area contributed by atoms with Crippen LogP contribution in [0.25, 0.3) is 0 Å². The first-order chi connectivity index (χ1) is 8.40. The normalized spacial score (nSPS) is 13.8. The Balaban J connectivity index is 2.85. The molecule has 1 unspecified atom stereocenters. The molecule has 0 radical (unpaired) electrons. The molecule has 0 spiro atoms. The summed E-state index contributed by atoms with van der Waals surface area (Å²) in [5.74, 6) is 0. The molecule has 0 amide bonds. The van der Waals surface area contributed by atoms with Crippen molar-refractivity contribution in [3.63, 3.8) is 0 Å². The molecule has 1 aromatic carbocycles. The van der Waals surface area contributed by atoms with Crippen LogP contribution < -0.4 is 4.72 Å². The molecule has 18 heavy (non-hydrogen) atoms. The van der Waals surface area contributed by atoms with Crippen LogP contribution in [0.4, 0.5) is 0 Å². The summed E-state index contributed by atoms with van der Waals surface area (Å²) in [6.45, 7) is 7.51. The Morgan fingerprint density at radius 1 is 1.22 bits per heavy atom. The second-order valence-electron chi connectivity index (χ2n) is 3.97. The number of sulfonamides is 1. The van der Waals surface area contributed by atoms with Crippen LogP contribution in [0.1, 0.15) is 20.8 Å². The van der Waals surface area contributed by atoms with Crippen LogP contribution in [-0.2, 0) is 10.0 Å². The Morgan fingerprint density at radius 2 is 1.72 bits per heavy atom.